The number of alkyl carbamates (subject to hydrolysis) is 1. The molecule has 1 unspecified atom stereocenters. The van der Waals surface area contributed by atoms with Crippen LogP contribution in [-0.4, -0.2) is 54.7 Å². The SMILES string of the molecule is CC(NC1CCN(Cc2ccccc2)CC1)c1cccc(-c2ccccc2C(=O)NCCNC(=O)OC(C)(C)C)c1. The summed E-state index contributed by atoms with van der Waals surface area (Å²) in [4.78, 5) is 27.5. The molecule has 7 nitrogen and oxygen atoms in total. The maximum Gasteiger partial charge on any atom is 0.407 e. The minimum Gasteiger partial charge on any atom is -0.444 e. The monoisotopic (exact) mass is 556 g/mol. The zero-order valence-electron chi connectivity index (χ0n) is 24.8. The highest BCUT2D eigenvalue weighted by Crippen LogP contribution is 2.27. The number of rotatable bonds is 10. The van der Waals surface area contributed by atoms with Crippen LogP contribution in [0.25, 0.3) is 11.1 Å². The Morgan fingerprint density at radius 2 is 1.59 bits per heavy atom. The molecule has 1 heterocycles. The molecule has 2 amide bonds. The van der Waals surface area contributed by atoms with Crippen LogP contribution < -0.4 is 16.0 Å². The van der Waals surface area contributed by atoms with Gasteiger partial charge in [-0.3, -0.25) is 9.69 Å². The molecule has 0 aliphatic carbocycles. The van der Waals surface area contributed by atoms with E-state index >= 15 is 0 Å². The Kier molecular flexibility index (Phi) is 10.6. The molecule has 3 aromatic carbocycles. The Labute approximate surface area is 244 Å². The topological polar surface area (TPSA) is 82.7 Å². The number of likely N-dealkylation sites (tertiary alicyclic amines) is 1. The number of piperidine rings is 1. The highest BCUT2D eigenvalue weighted by Gasteiger charge is 2.22. The molecule has 41 heavy (non-hydrogen) atoms. The third-order valence-corrected chi connectivity index (χ3v) is 7.27. The number of nitrogens with one attached hydrogen (secondary N) is 3. The molecule has 7 heteroatoms. The summed E-state index contributed by atoms with van der Waals surface area (Å²) in [6, 6.07) is 27.4. The van der Waals surface area contributed by atoms with Crippen molar-refractivity contribution >= 4 is 12.0 Å². The maximum absolute atomic E-state index is 13.1. The second-order valence-corrected chi connectivity index (χ2v) is 11.8. The van der Waals surface area contributed by atoms with Crippen LogP contribution in [0.3, 0.4) is 0 Å². The zero-order chi connectivity index (χ0) is 29.2. The fourth-order valence-corrected chi connectivity index (χ4v) is 5.21. The average Bonchev–Trinajstić information content (AvgIpc) is 2.96. The summed E-state index contributed by atoms with van der Waals surface area (Å²) in [7, 11) is 0. The lowest BCUT2D eigenvalue weighted by molar-refractivity contribution is 0.0526. The Morgan fingerprint density at radius 1 is 0.902 bits per heavy atom. The second-order valence-electron chi connectivity index (χ2n) is 11.8. The lowest BCUT2D eigenvalue weighted by atomic mass is 9.95. The first-order valence-electron chi connectivity index (χ1n) is 14.6. The normalized spacial score (nSPS) is 15.2. The van der Waals surface area contributed by atoms with Gasteiger partial charge in [0.2, 0.25) is 0 Å². The van der Waals surface area contributed by atoms with Crippen molar-refractivity contribution in [3.8, 4) is 11.1 Å². The van der Waals surface area contributed by atoms with Gasteiger partial charge in [-0.1, -0.05) is 66.7 Å². The summed E-state index contributed by atoms with van der Waals surface area (Å²) in [5, 5.41) is 9.43. The molecule has 0 bridgehead atoms. The first-order valence-corrected chi connectivity index (χ1v) is 14.6. The molecule has 0 spiro atoms. The molecular weight excluding hydrogens is 512 g/mol. The van der Waals surface area contributed by atoms with Crippen LogP contribution in [0.2, 0.25) is 0 Å². The number of ether oxygens (including phenoxy) is 1. The summed E-state index contributed by atoms with van der Waals surface area (Å²) in [5.41, 5.74) is 4.50. The number of nitrogens with zero attached hydrogens (tertiary/aromatic N) is 1. The van der Waals surface area contributed by atoms with E-state index in [0.717, 1.165) is 43.6 Å². The third kappa shape index (κ3) is 9.44. The van der Waals surface area contributed by atoms with Gasteiger partial charge in [-0.15, -0.1) is 0 Å². The van der Waals surface area contributed by atoms with Crippen LogP contribution >= 0.6 is 0 Å². The molecule has 1 fully saturated rings. The number of carbonyl (C=O) groups is 2. The average molecular weight is 557 g/mol. The first kappa shape index (κ1) is 30.3. The van der Waals surface area contributed by atoms with Gasteiger partial charge in [0.15, 0.2) is 0 Å². The van der Waals surface area contributed by atoms with Crippen molar-refractivity contribution in [3.63, 3.8) is 0 Å². The van der Waals surface area contributed by atoms with Gasteiger partial charge in [0, 0.05) is 37.3 Å². The standard InChI is InChI=1S/C34H44N4O3/c1-25(37-29-17-21-38(22-18-29)24-26-11-6-5-7-12-26)27-13-10-14-28(23-27)30-15-8-9-16-31(30)32(39)35-19-20-36-33(40)41-34(2,3)4/h5-16,23,25,29,37H,17-22,24H2,1-4H3,(H,35,39)(H,36,40). The van der Waals surface area contributed by atoms with E-state index < -0.39 is 11.7 Å². The summed E-state index contributed by atoms with van der Waals surface area (Å²) < 4.78 is 5.24. The largest absolute Gasteiger partial charge is 0.444 e. The molecule has 3 N–H and O–H groups in total. The zero-order valence-corrected chi connectivity index (χ0v) is 24.8. The fraction of sp³-hybridized carbons (Fsp3) is 0.412. The third-order valence-electron chi connectivity index (χ3n) is 7.27. The summed E-state index contributed by atoms with van der Waals surface area (Å²) in [5.74, 6) is -0.176. The van der Waals surface area contributed by atoms with Crippen LogP contribution in [-0.2, 0) is 11.3 Å². The van der Waals surface area contributed by atoms with Crippen molar-refractivity contribution < 1.29 is 14.3 Å². The Bertz CT molecular complexity index is 1280. The van der Waals surface area contributed by atoms with Crippen LogP contribution in [0.1, 0.15) is 68.1 Å². The van der Waals surface area contributed by atoms with E-state index in [1.54, 1.807) is 0 Å². The Balaban J connectivity index is 1.31. The lowest BCUT2D eigenvalue weighted by Crippen LogP contribution is -2.42. The Hall–Kier alpha value is -3.68. The van der Waals surface area contributed by atoms with Crippen molar-refractivity contribution in [2.24, 2.45) is 0 Å². The summed E-state index contributed by atoms with van der Waals surface area (Å²) in [6.07, 6.45) is 1.76. The van der Waals surface area contributed by atoms with Crippen molar-refractivity contribution in [2.45, 2.75) is 64.8 Å². The quantitative estimate of drug-likeness (QED) is 0.270. The molecule has 0 saturated carbocycles. The highest BCUT2D eigenvalue weighted by atomic mass is 16.6. The minimum atomic E-state index is -0.562. The highest BCUT2D eigenvalue weighted by molar-refractivity contribution is 6.00. The smallest absolute Gasteiger partial charge is 0.407 e. The predicted octanol–water partition coefficient (Wildman–Crippen LogP) is 5.92. The summed E-state index contributed by atoms with van der Waals surface area (Å²) >= 11 is 0. The molecule has 1 atom stereocenters. The Morgan fingerprint density at radius 3 is 2.32 bits per heavy atom. The maximum atomic E-state index is 13.1. The van der Waals surface area contributed by atoms with Gasteiger partial charge < -0.3 is 20.7 Å². The van der Waals surface area contributed by atoms with Crippen LogP contribution in [0, 0.1) is 0 Å². The van der Waals surface area contributed by atoms with Crippen molar-refractivity contribution in [2.75, 3.05) is 26.2 Å². The molecule has 3 aromatic rings. The van der Waals surface area contributed by atoms with Gasteiger partial charge >= 0.3 is 6.09 Å². The van der Waals surface area contributed by atoms with Gasteiger partial charge in [0.25, 0.3) is 5.91 Å². The van der Waals surface area contributed by atoms with Crippen molar-refractivity contribution in [1.82, 2.24) is 20.9 Å². The van der Waals surface area contributed by atoms with E-state index in [4.69, 9.17) is 4.74 Å². The fourth-order valence-electron chi connectivity index (χ4n) is 5.21. The number of hydrogen-bond acceptors (Lipinski definition) is 5. The number of amides is 2. The van der Waals surface area contributed by atoms with E-state index in [-0.39, 0.29) is 18.5 Å². The van der Waals surface area contributed by atoms with Gasteiger partial charge in [-0.25, -0.2) is 4.79 Å². The first-order chi connectivity index (χ1) is 19.7. The number of carbonyl (C=O) groups excluding carboxylic acids is 2. The lowest BCUT2D eigenvalue weighted by Gasteiger charge is -2.34. The van der Waals surface area contributed by atoms with Gasteiger partial charge in [-0.05, 0) is 88.0 Å². The van der Waals surface area contributed by atoms with Crippen molar-refractivity contribution in [1.29, 1.82) is 0 Å². The molecule has 0 aromatic heterocycles. The van der Waals surface area contributed by atoms with Gasteiger partial charge in [-0.2, -0.15) is 0 Å². The molecule has 0 radical (unpaired) electrons. The van der Waals surface area contributed by atoms with Crippen molar-refractivity contribution in [3.05, 3.63) is 95.6 Å². The number of benzene rings is 3. The van der Waals surface area contributed by atoms with Crippen LogP contribution in [0.4, 0.5) is 4.79 Å². The molecule has 1 saturated heterocycles. The van der Waals surface area contributed by atoms with Crippen LogP contribution in [0.5, 0.6) is 0 Å². The molecule has 1 aliphatic rings. The number of hydrogen-bond donors (Lipinski definition) is 3. The van der Waals surface area contributed by atoms with Crippen LogP contribution in [0.15, 0.2) is 78.9 Å². The molecule has 1 aliphatic heterocycles. The molecule has 4 rings (SSSR count). The van der Waals surface area contributed by atoms with E-state index in [9.17, 15) is 9.59 Å². The van der Waals surface area contributed by atoms with E-state index in [2.05, 4.69) is 82.4 Å². The van der Waals surface area contributed by atoms with E-state index in [1.807, 2.05) is 45.0 Å². The summed E-state index contributed by atoms with van der Waals surface area (Å²) in [6.45, 7) is 11.4. The van der Waals surface area contributed by atoms with E-state index in [0.29, 0.717) is 18.2 Å². The predicted molar refractivity (Wildman–Crippen MR) is 165 cm³/mol. The van der Waals surface area contributed by atoms with E-state index in [1.165, 1.54) is 11.1 Å². The molecular formula is C34H44N4O3. The van der Waals surface area contributed by atoms with Gasteiger partial charge in [0.1, 0.15) is 5.60 Å². The van der Waals surface area contributed by atoms with Gasteiger partial charge in [0.05, 0.1) is 0 Å². The molecule has 218 valence electrons. The second kappa shape index (κ2) is 14.3. The minimum absolute atomic E-state index is 0.176.